The van der Waals surface area contributed by atoms with Crippen LogP contribution in [0.1, 0.15) is 46.8 Å². The predicted molar refractivity (Wildman–Crippen MR) is 92.2 cm³/mol. The minimum absolute atomic E-state index is 0.168. The maximum Gasteiger partial charge on any atom is 0.407 e. The van der Waals surface area contributed by atoms with Gasteiger partial charge in [0.15, 0.2) is 0 Å². The van der Waals surface area contributed by atoms with Crippen LogP contribution < -0.4 is 5.32 Å². The number of hydrogen-bond acceptors (Lipinski definition) is 2. The first-order chi connectivity index (χ1) is 11.4. The molecule has 0 bridgehead atoms. The number of nitrogens with zero attached hydrogens (tertiary/aromatic N) is 1. The third-order valence-corrected chi connectivity index (χ3v) is 4.30. The Labute approximate surface area is 140 Å². The van der Waals surface area contributed by atoms with E-state index < -0.39 is 6.09 Å². The zero-order valence-corrected chi connectivity index (χ0v) is 13.7. The molecule has 1 heterocycles. The largest absolute Gasteiger partial charge is 0.465 e. The Kier molecular flexibility index (Phi) is 4.25. The number of benzene rings is 2. The molecule has 0 radical (unpaired) electrons. The van der Waals surface area contributed by atoms with E-state index in [2.05, 4.69) is 19.2 Å². The number of fused-ring (bicyclic) bond motifs is 1. The molecule has 124 valence electrons. The summed E-state index contributed by atoms with van der Waals surface area (Å²) in [5, 5.41) is 11.9. The summed E-state index contributed by atoms with van der Waals surface area (Å²) in [4.78, 5) is 24.7. The lowest BCUT2D eigenvalue weighted by Crippen LogP contribution is -2.22. The first-order valence-corrected chi connectivity index (χ1v) is 7.95. The van der Waals surface area contributed by atoms with Crippen molar-refractivity contribution in [1.29, 1.82) is 0 Å². The molecule has 24 heavy (non-hydrogen) atoms. The van der Waals surface area contributed by atoms with Gasteiger partial charge in [0.2, 0.25) is 0 Å². The van der Waals surface area contributed by atoms with E-state index in [-0.39, 0.29) is 5.91 Å². The highest BCUT2D eigenvalue weighted by Gasteiger charge is 2.23. The van der Waals surface area contributed by atoms with Crippen molar-refractivity contribution in [2.45, 2.75) is 32.9 Å². The number of anilines is 1. The second kappa shape index (κ2) is 6.35. The fraction of sp³-hybridized carbons (Fsp3) is 0.263. The fourth-order valence-corrected chi connectivity index (χ4v) is 2.83. The van der Waals surface area contributed by atoms with Gasteiger partial charge in [-0.15, -0.1) is 0 Å². The maximum absolute atomic E-state index is 12.4. The fourth-order valence-electron chi connectivity index (χ4n) is 2.83. The van der Waals surface area contributed by atoms with Crippen molar-refractivity contribution in [2.75, 3.05) is 5.32 Å². The molecule has 1 aliphatic heterocycles. The van der Waals surface area contributed by atoms with E-state index in [1.807, 2.05) is 42.5 Å². The van der Waals surface area contributed by atoms with Gasteiger partial charge in [-0.2, -0.15) is 0 Å². The van der Waals surface area contributed by atoms with Crippen LogP contribution in [0.2, 0.25) is 0 Å². The molecule has 2 N–H and O–H groups in total. The molecule has 0 aromatic heterocycles. The Morgan fingerprint density at radius 2 is 1.71 bits per heavy atom. The number of carbonyl (C=O) groups is 2. The molecule has 0 fully saturated rings. The summed E-state index contributed by atoms with van der Waals surface area (Å²) in [5.41, 5.74) is 4.39. The van der Waals surface area contributed by atoms with Crippen LogP contribution in [0, 0.1) is 0 Å². The second-order valence-corrected chi connectivity index (χ2v) is 6.35. The van der Waals surface area contributed by atoms with Gasteiger partial charge in [-0.3, -0.25) is 9.69 Å². The van der Waals surface area contributed by atoms with Crippen molar-refractivity contribution >= 4 is 17.7 Å². The van der Waals surface area contributed by atoms with Gasteiger partial charge in [0.05, 0.1) is 0 Å². The van der Waals surface area contributed by atoms with Gasteiger partial charge < -0.3 is 10.4 Å². The van der Waals surface area contributed by atoms with Crippen LogP contribution in [0.25, 0.3) is 0 Å². The predicted octanol–water partition coefficient (Wildman–Crippen LogP) is 4.06. The standard InChI is InChI=1S/C19H20N2O3/c1-12(2)13-3-5-14(6-4-13)18(22)20-17-8-7-15-10-21(19(23)24)11-16(15)9-17/h3-9,12H,10-11H2,1-2H3,(H,20,22)(H,23,24). The lowest BCUT2D eigenvalue weighted by Gasteiger charge is -2.09. The van der Waals surface area contributed by atoms with Gasteiger partial charge in [-0.05, 0) is 46.9 Å². The number of hydrogen-bond donors (Lipinski definition) is 2. The van der Waals surface area contributed by atoms with Gasteiger partial charge >= 0.3 is 6.09 Å². The molecule has 0 aliphatic carbocycles. The summed E-state index contributed by atoms with van der Waals surface area (Å²) in [5.74, 6) is 0.259. The average molecular weight is 324 g/mol. The summed E-state index contributed by atoms with van der Waals surface area (Å²) in [6.45, 7) is 4.98. The third kappa shape index (κ3) is 3.25. The van der Waals surface area contributed by atoms with Crippen molar-refractivity contribution in [2.24, 2.45) is 0 Å². The van der Waals surface area contributed by atoms with Crippen molar-refractivity contribution in [3.63, 3.8) is 0 Å². The first-order valence-electron chi connectivity index (χ1n) is 7.95. The first kappa shape index (κ1) is 16.1. The number of amides is 2. The molecule has 2 amide bonds. The molecular weight excluding hydrogens is 304 g/mol. The van der Waals surface area contributed by atoms with Gasteiger partial charge in [-0.1, -0.05) is 32.0 Å². The zero-order valence-electron chi connectivity index (χ0n) is 13.7. The molecule has 0 spiro atoms. The molecule has 3 rings (SSSR count). The quantitative estimate of drug-likeness (QED) is 0.894. The number of nitrogens with one attached hydrogen (secondary N) is 1. The van der Waals surface area contributed by atoms with E-state index in [1.54, 1.807) is 0 Å². The highest BCUT2D eigenvalue weighted by atomic mass is 16.4. The number of carbonyl (C=O) groups excluding carboxylic acids is 1. The Bertz CT molecular complexity index is 782. The molecule has 0 unspecified atom stereocenters. The Balaban J connectivity index is 1.72. The summed E-state index contributed by atoms with van der Waals surface area (Å²) in [6, 6.07) is 13.1. The number of rotatable bonds is 3. The van der Waals surface area contributed by atoms with Crippen LogP contribution in [-0.4, -0.2) is 22.0 Å². The van der Waals surface area contributed by atoms with Crippen molar-refractivity contribution in [1.82, 2.24) is 4.90 Å². The molecule has 5 nitrogen and oxygen atoms in total. The zero-order chi connectivity index (χ0) is 17.3. The van der Waals surface area contributed by atoms with Crippen LogP contribution in [0.4, 0.5) is 10.5 Å². The van der Waals surface area contributed by atoms with Gasteiger partial charge in [-0.25, -0.2) is 4.79 Å². The smallest absolute Gasteiger partial charge is 0.407 e. The summed E-state index contributed by atoms with van der Waals surface area (Å²) < 4.78 is 0. The lowest BCUT2D eigenvalue weighted by atomic mass is 10.0. The van der Waals surface area contributed by atoms with E-state index in [0.29, 0.717) is 30.3 Å². The summed E-state index contributed by atoms with van der Waals surface area (Å²) in [6.07, 6.45) is -0.929. The van der Waals surface area contributed by atoms with Gasteiger partial charge in [0.25, 0.3) is 5.91 Å². The van der Waals surface area contributed by atoms with E-state index in [1.165, 1.54) is 10.5 Å². The maximum atomic E-state index is 12.4. The molecule has 5 heteroatoms. The Morgan fingerprint density at radius 1 is 1.04 bits per heavy atom. The Morgan fingerprint density at radius 3 is 2.33 bits per heavy atom. The summed E-state index contributed by atoms with van der Waals surface area (Å²) in [7, 11) is 0. The van der Waals surface area contributed by atoms with E-state index in [0.717, 1.165) is 11.1 Å². The Hall–Kier alpha value is -2.82. The second-order valence-electron chi connectivity index (χ2n) is 6.35. The normalized spacial score (nSPS) is 13.0. The van der Waals surface area contributed by atoms with E-state index >= 15 is 0 Å². The molecule has 2 aromatic rings. The molecule has 2 aromatic carbocycles. The SMILES string of the molecule is CC(C)c1ccc(C(=O)Nc2ccc3c(c2)CN(C(=O)O)C3)cc1. The third-order valence-electron chi connectivity index (χ3n) is 4.30. The number of carboxylic acid groups (broad SMARTS) is 1. The van der Waals surface area contributed by atoms with Crippen LogP contribution in [0.15, 0.2) is 42.5 Å². The van der Waals surface area contributed by atoms with Crippen molar-refractivity contribution in [3.8, 4) is 0 Å². The minimum atomic E-state index is -0.929. The molecule has 0 saturated heterocycles. The highest BCUT2D eigenvalue weighted by Crippen LogP contribution is 2.26. The lowest BCUT2D eigenvalue weighted by molar-refractivity contribution is 0.102. The van der Waals surface area contributed by atoms with Crippen LogP contribution >= 0.6 is 0 Å². The van der Waals surface area contributed by atoms with Crippen LogP contribution in [-0.2, 0) is 13.1 Å². The highest BCUT2D eigenvalue weighted by molar-refractivity contribution is 6.04. The van der Waals surface area contributed by atoms with Crippen LogP contribution in [0.5, 0.6) is 0 Å². The van der Waals surface area contributed by atoms with Gasteiger partial charge in [0, 0.05) is 24.3 Å². The monoisotopic (exact) mass is 324 g/mol. The molecule has 1 aliphatic rings. The molecular formula is C19H20N2O3. The van der Waals surface area contributed by atoms with Gasteiger partial charge in [0.1, 0.15) is 0 Å². The molecule has 0 atom stereocenters. The van der Waals surface area contributed by atoms with Crippen LogP contribution in [0.3, 0.4) is 0 Å². The van der Waals surface area contributed by atoms with E-state index in [9.17, 15) is 9.59 Å². The average Bonchev–Trinajstić information content (AvgIpc) is 2.98. The van der Waals surface area contributed by atoms with Crippen molar-refractivity contribution in [3.05, 3.63) is 64.7 Å². The summed E-state index contributed by atoms with van der Waals surface area (Å²) >= 11 is 0. The van der Waals surface area contributed by atoms with E-state index in [4.69, 9.17) is 5.11 Å². The molecule has 0 saturated carbocycles. The topological polar surface area (TPSA) is 69.6 Å². The minimum Gasteiger partial charge on any atom is -0.465 e. The van der Waals surface area contributed by atoms with Crippen molar-refractivity contribution < 1.29 is 14.7 Å².